The van der Waals surface area contributed by atoms with E-state index in [4.69, 9.17) is 5.73 Å². The highest BCUT2D eigenvalue weighted by atomic mass is 15.2. The third-order valence-corrected chi connectivity index (χ3v) is 5.09. The number of nitrogens with zero attached hydrogens (tertiary/aromatic N) is 1. The largest absolute Gasteiger partial charge is 0.330 e. The van der Waals surface area contributed by atoms with Gasteiger partial charge in [0.1, 0.15) is 0 Å². The SMILES string of the molecule is CC(C)(C)C1=CCN(C2CCCCCC2CN)CC1. The maximum absolute atomic E-state index is 6.02. The van der Waals surface area contributed by atoms with Gasteiger partial charge in [0.25, 0.3) is 0 Å². The van der Waals surface area contributed by atoms with E-state index in [1.54, 1.807) is 5.57 Å². The average molecular weight is 264 g/mol. The molecule has 2 unspecified atom stereocenters. The van der Waals surface area contributed by atoms with Crippen molar-refractivity contribution in [1.82, 2.24) is 4.90 Å². The summed E-state index contributed by atoms with van der Waals surface area (Å²) < 4.78 is 0. The highest BCUT2D eigenvalue weighted by Crippen LogP contribution is 2.33. The second-order valence-corrected chi connectivity index (χ2v) is 7.43. The Morgan fingerprint density at radius 2 is 1.95 bits per heavy atom. The third-order valence-electron chi connectivity index (χ3n) is 5.09. The summed E-state index contributed by atoms with van der Waals surface area (Å²) >= 11 is 0. The van der Waals surface area contributed by atoms with E-state index in [0.29, 0.717) is 5.41 Å². The first-order chi connectivity index (χ1) is 9.02. The first kappa shape index (κ1) is 15.1. The molecule has 2 N–H and O–H groups in total. The molecule has 110 valence electrons. The van der Waals surface area contributed by atoms with Gasteiger partial charge in [0.2, 0.25) is 0 Å². The van der Waals surface area contributed by atoms with Gasteiger partial charge in [0.05, 0.1) is 0 Å². The van der Waals surface area contributed by atoms with Crippen molar-refractivity contribution in [2.75, 3.05) is 19.6 Å². The standard InChI is InChI=1S/C17H32N2/c1-17(2,3)15-9-11-19(12-10-15)16-8-6-4-5-7-14(16)13-18/h9,14,16H,4-8,10-13,18H2,1-3H3. The molecule has 0 spiro atoms. The Bertz CT molecular complexity index is 314. The van der Waals surface area contributed by atoms with Crippen molar-refractivity contribution in [1.29, 1.82) is 0 Å². The lowest BCUT2D eigenvalue weighted by atomic mass is 9.82. The van der Waals surface area contributed by atoms with E-state index in [1.165, 1.54) is 45.1 Å². The van der Waals surface area contributed by atoms with Crippen LogP contribution in [0.4, 0.5) is 0 Å². The van der Waals surface area contributed by atoms with Crippen LogP contribution in [0.1, 0.15) is 59.3 Å². The fourth-order valence-corrected chi connectivity index (χ4v) is 3.79. The molecule has 2 rings (SSSR count). The van der Waals surface area contributed by atoms with E-state index in [0.717, 1.165) is 25.0 Å². The lowest BCUT2D eigenvalue weighted by Gasteiger charge is -2.39. The average Bonchev–Trinajstić information content (AvgIpc) is 2.62. The molecule has 2 heteroatoms. The van der Waals surface area contributed by atoms with Crippen molar-refractivity contribution >= 4 is 0 Å². The zero-order valence-corrected chi connectivity index (χ0v) is 13.1. The molecule has 1 aliphatic carbocycles. The van der Waals surface area contributed by atoms with Crippen molar-refractivity contribution in [2.45, 2.75) is 65.3 Å². The maximum Gasteiger partial charge on any atom is 0.0169 e. The monoisotopic (exact) mass is 264 g/mol. The number of nitrogens with two attached hydrogens (primary N) is 1. The molecule has 0 radical (unpaired) electrons. The molecule has 0 bridgehead atoms. The Labute approximate surface area is 119 Å². The summed E-state index contributed by atoms with van der Waals surface area (Å²) in [6, 6.07) is 0.741. The van der Waals surface area contributed by atoms with Crippen LogP contribution < -0.4 is 5.73 Å². The topological polar surface area (TPSA) is 29.3 Å². The quantitative estimate of drug-likeness (QED) is 0.610. The molecule has 1 saturated carbocycles. The summed E-state index contributed by atoms with van der Waals surface area (Å²) in [7, 11) is 0. The van der Waals surface area contributed by atoms with Crippen molar-refractivity contribution in [3.8, 4) is 0 Å². The van der Waals surface area contributed by atoms with Gasteiger partial charge in [-0.15, -0.1) is 0 Å². The second-order valence-electron chi connectivity index (χ2n) is 7.43. The summed E-state index contributed by atoms with van der Waals surface area (Å²) in [5, 5.41) is 0. The summed E-state index contributed by atoms with van der Waals surface area (Å²) in [5.41, 5.74) is 8.01. The zero-order chi connectivity index (χ0) is 13.9. The van der Waals surface area contributed by atoms with Crippen molar-refractivity contribution in [3.05, 3.63) is 11.6 Å². The van der Waals surface area contributed by atoms with Crippen LogP contribution in [-0.2, 0) is 0 Å². The Balaban J connectivity index is 2.01. The van der Waals surface area contributed by atoms with Crippen LogP contribution >= 0.6 is 0 Å². The Morgan fingerprint density at radius 3 is 2.53 bits per heavy atom. The minimum absolute atomic E-state index is 0.350. The Kier molecular flexibility index (Phi) is 5.08. The van der Waals surface area contributed by atoms with Gasteiger partial charge in [-0.05, 0) is 37.1 Å². The van der Waals surface area contributed by atoms with E-state index in [9.17, 15) is 0 Å². The molecule has 0 amide bonds. The number of hydrogen-bond acceptors (Lipinski definition) is 2. The molecule has 1 aliphatic heterocycles. The second kappa shape index (κ2) is 6.41. The van der Waals surface area contributed by atoms with Crippen LogP contribution in [-0.4, -0.2) is 30.6 Å². The van der Waals surface area contributed by atoms with E-state index in [2.05, 4.69) is 31.7 Å². The molecule has 0 aromatic heterocycles. The van der Waals surface area contributed by atoms with Gasteiger partial charge in [0, 0.05) is 19.1 Å². The van der Waals surface area contributed by atoms with Crippen LogP contribution in [0.15, 0.2) is 11.6 Å². The van der Waals surface area contributed by atoms with Crippen LogP contribution in [0.5, 0.6) is 0 Å². The van der Waals surface area contributed by atoms with E-state index in [1.807, 2.05) is 0 Å². The smallest absolute Gasteiger partial charge is 0.0169 e. The van der Waals surface area contributed by atoms with Gasteiger partial charge in [-0.2, -0.15) is 0 Å². The van der Waals surface area contributed by atoms with Crippen molar-refractivity contribution < 1.29 is 0 Å². The molecule has 19 heavy (non-hydrogen) atoms. The predicted molar refractivity (Wildman–Crippen MR) is 83.1 cm³/mol. The number of hydrogen-bond donors (Lipinski definition) is 1. The molecular formula is C17H32N2. The van der Waals surface area contributed by atoms with Gasteiger partial charge in [-0.1, -0.05) is 51.7 Å². The summed E-state index contributed by atoms with van der Waals surface area (Å²) in [6.07, 6.45) is 10.6. The van der Waals surface area contributed by atoms with Crippen LogP contribution in [0, 0.1) is 11.3 Å². The normalized spacial score (nSPS) is 30.8. The van der Waals surface area contributed by atoms with Crippen molar-refractivity contribution in [2.24, 2.45) is 17.1 Å². The molecule has 1 heterocycles. The molecule has 0 aromatic rings. The highest BCUT2D eigenvalue weighted by molar-refractivity contribution is 5.15. The fourth-order valence-electron chi connectivity index (χ4n) is 3.79. The van der Waals surface area contributed by atoms with Gasteiger partial charge < -0.3 is 5.73 Å². The molecule has 0 aromatic carbocycles. The van der Waals surface area contributed by atoms with Crippen molar-refractivity contribution in [3.63, 3.8) is 0 Å². The van der Waals surface area contributed by atoms with Gasteiger partial charge in [0.15, 0.2) is 0 Å². The van der Waals surface area contributed by atoms with Gasteiger partial charge in [-0.25, -0.2) is 0 Å². The minimum atomic E-state index is 0.350. The lowest BCUT2D eigenvalue weighted by Crippen LogP contribution is -2.45. The van der Waals surface area contributed by atoms with E-state index in [-0.39, 0.29) is 0 Å². The predicted octanol–water partition coefficient (Wildman–Crippen LogP) is 3.57. The molecule has 0 saturated heterocycles. The lowest BCUT2D eigenvalue weighted by molar-refractivity contribution is 0.142. The van der Waals surface area contributed by atoms with Crippen LogP contribution in [0.2, 0.25) is 0 Å². The first-order valence-electron chi connectivity index (χ1n) is 8.16. The third kappa shape index (κ3) is 3.82. The molecule has 2 aliphatic rings. The summed E-state index contributed by atoms with van der Waals surface area (Å²) in [5.74, 6) is 0.729. The van der Waals surface area contributed by atoms with Crippen LogP contribution in [0.3, 0.4) is 0 Å². The van der Waals surface area contributed by atoms with Gasteiger partial charge >= 0.3 is 0 Å². The Morgan fingerprint density at radius 1 is 1.21 bits per heavy atom. The minimum Gasteiger partial charge on any atom is -0.330 e. The summed E-state index contributed by atoms with van der Waals surface area (Å²) in [6.45, 7) is 10.3. The number of rotatable bonds is 2. The zero-order valence-electron chi connectivity index (χ0n) is 13.1. The highest BCUT2D eigenvalue weighted by Gasteiger charge is 2.30. The maximum atomic E-state index is 6.02. The summed E-state index contributed by atoms with van der Waals surface area (Å²) in [4.78, 5) is 2.71. The fraction of sp³-hybridized carbons (Fsp3) is 0.882. The molecule has 2 atom stereocenters. The van der Waals surface area contributed by atoms with Crippen LogP contribution in [0.25, 0.3) is 0 Å². The molecule has 2 nitrogen and oxygen atoms in total. The Hall–Kier alpha value is -0.340. The van der Waals surface area contributed by atoms with E-state index < -0.39 is 0 Å². The van der Waals surface area contributed by atoms with E-state index >= 15 is 0 Å². The molecular weight excluding hydrogens is 232 g/mol. The molecule has 1 fully saturated rings. The first-order valence-corrected chi connectivity index (χ1v) is 8.16. The van der Waals surface area contributed by atoms with Gasteiger partial charge in [-0.3, -0.25) is 4.90 Å².